The predicted octanol–water partition coefficient (Wildman–Crippen LogP) is 11.5. The van der Waals surface area contributed by atoms with Gasteiger partial charge in [-0.15, -0.1) is 0 Å². The zero-order valence-corrected chi connectivity index (χ0v) is 36.4. The number of hydrogen-bond acceptors (Lipinski definition) is 5. The first-order chi connectivity index (χ1) is 30.7. The lowest BCUT2D eigenvalue weighted by Gasteiger charge is -2.20. The van der Waals surface area contributed by atoms with Gasteiger partial charge in [-0.2, -0.15) is 0 Å². The van der Waals surface area contributed by atoms with E-state index in [0.717, 1.165) is 67.1 Å². The first-order valence-electron chi connectivity index (χ1n) is 20.5. The maximum atomic E-state index is 13.6. The molecular weight excluding hydrogens is 860 g/mol. The van der Waals surface area contributed by atoms with Crippen LogP contribution in [0.5, 0.6) is 0 Å². The predicted molar refractivity (Wildman–Crippen MR) is 252 cm³/mol. The molecule has 3 amide bonds. The normalized spacial score (nSPS) is 15.0. The third kappa shape index (κ3) is 10.6. The highest BCUT2D eigenvalue weighted by atomic mass is 35.5. The van der Waals surface area contributed by atoms with Crippen molar-refractivity contribution in [3.63, 3.8) is 0 Å². The summed E-state index contributed by atoms with van der Waals surface area (Å²) in [5, 5.41) is 3.86. The summed E-state index contributed by atoms with van der Waals surface area (Å²) in [4.78, 5) is 51.7. The Bertz CT molecular complexity index is 2960. The number of primary amides is 2. The molecule has 0 radical (unpaired) electrons. The van der Waals surface area contributed by atoms with E-state index in [1.54, 1.807) is 30.4 Å². The number of H-pyrrole nitrogens is 2. The molecule has 0 unspecified atom stereocenters. The molecule has 336 valence electrons. The Morgan fingerprint density at radius 2 is 1.12 bits per heavy atom. The molecule has 0 saturated heterocycles. The summed E-state index contributed by atoms with van der Waals surface area (Å²) in [7, 11) is 0. The van der Waals surface area contributed by atoms with Gasteiger partial charge in [0, 0.05) is 59.2 Å². The Labute approximate surface area is 377 Å². The fraction of sp³-hybridized carbons (Fsp3) is 0.200. The number of nitrogens with two attached hydrogens (primary N) is 3. The van der Waals surface area contributed by atoms with Gasteiger partial charge in [0.25, 0.3) is 23.7 Å². The fourth-order valence-electron chi connectivity index (χ4n) is 7.93. The van der Waals surface area contributed by atoms with Crippen molar-refractivity contribution in [3.05, 3.63) is 144 Å². The standard InChI is InChI=1S/C25H23F2N3O2.C22H21F2N3O.C3H3ClO/c1-3-22(31)29-20-6-4-5-16(14(20)2)17-7-8-18(24(28)32)23-19(17)13-21(30-23)15-9-11-25(26,27)12-10-15;1-12-14(3-2-4-18(12)25)15-5-6-16(21(26)28)20-17(15)11-19(27-20)13-7-9-22(23,24)10-8-13;1-2-3(4)5/h3-9,13,30H,1,10-12H2,2H3,(H2,28,32)(H,29,31);2-7,11,27H,8-10,25H2,1H3,(H2,26,28);2H,1H2. The molecule has 0 aliphatic heterocycles. The van der Waals surface area contributed by atoms with Crippen molar-refractivity contribution in [2.45, 2.75) is 64.2 Å². The number of benzene rings is 4. The van der Waals surface area contributed by atoms with Crippen LogP contribution in [-0.4, -0.2) is 44.8 Å². The quantitative estimate of drug-likeness (QED) is 0.0364. The number of carbonyl (C=O) groups excluding carboxylic acids is 4. The van der Waals surface area contributed by atoms with Gasteiger partial charge in [-0.25, -0.2) is 17.6 Å². The second kappa shape index (κ2) is 19.3. The average Bonchev–Trinajstić information content (AvgIpc) is 3.91. The molecule has 15 heteroatoms. The smallest absolute Gasteiger partial charge is 0.251 e. The molecule has 2 aliphatic carbocycles. The number of halogens is 5. The van der Waals surface area contributed by atoms with Gasteiger partial charge in [-0.05, 0) is 131 Å². The summed E-state index contributed by atoms with van der Waals surface area (Å²) in [6, 6.07) is 22.0. The largest absolute Gasteiger partial charge is 0.398 e. The van der Waals surface area contributed by atoms with Crippen molar-refractivity contribution in [1.82, 2.24) is 9.97 Å². The second-order valence-corrected chi connectivity index (χ2v) is 16.1. The maximum absolute atomic E-state index is 13.6. The Morgan fingerprint density at radius 3 is 1.52 bits per heavy atom. The topological polar surface area (TPSA) is 190 Å². The van der Waals surface area contributed by atoms with Crippen LogP contribution in [0.15, 0.2) is 110 Å². The van der Waals surface area contributed by atoms with Gasteiger partial charge in [0.2, 0.25) is 11.1 Å². The Balaban J connectivity index is 0.000000197. The number of anilines is 2. The van der Waals surface area contributed by atoms with E-state index in [-0.39, 0.29) is 44.4 Å². The summed E-state index contributed by atoms with van der Waals surface area (Å²) in [5.74, 6) is -6.78. The van der Waals surface area contributed by atoms with Gasteiger partial charge in [0.1, 0.15) is 0 Å². The number of aromatic amines is 2. The molecule has 0 bridgehead atoms. The van der Waals surface area contributed by atoms with Crippen molar-refractivity contribution < 1.29 is 36.7 Å². The third-order valence-corrected chi connectivity index (χ3v) is 11.7. The molecule has 10 nitrogen and oxygen atoms in total. The monoisotopic (exact) mass is 906 g/mol. The molecule has 8 rings (SSSR count). The highest BCUT2D eigenvalue weighted by Gasteiger charge is 2.33. The number of amides is 3. The van der Waals surface area contributed by atoms with Crippen LogP contribution in [-0.2, 0) is 9.59 Å². The zero-order chi connectivity index (χ0) is 47.4. The van der Waals surface area contributed by atoms with Gasteiger partial charge in [-0.3, -0.25) is 19.2 Å². The van der Waals surface area contributed by atoms with Crippen LogP contribution in [0, 0.1) is 13.8 Å². The number of rotatable bonds is 9. The van der Waals surface area contributed by atoms with E-state index in [2.05, 4.69) is 28.4 Å². The third-order valence-electron chi connectivity index (χ3n) is 11.5. The molecule has 0 saturated carbocycles. The van der Waals surface area contributed by atoms with E-state index >= 15 is 0 Å². The van der Waals surface area contributed by atoms with Crippen molar-refractivity contribution in [3.8, 4) is 22.3 Å². The molecule has 6 aromatic rings. The zero-order valence-electron chi connectivity index (χ0n) is 35.6. The Morgan fingerprint density at radius 1 is 0.677 bits per heavy atom. The second-order valence-electron chi connectivity index (χ2n) is 15.8. The molecular formula is C50H47ClF4N6O4. The average molecular weight is 907 g/mol. The number of fused-ring (bicyclic) bond motifs is 2. The molecule has 0 atom stereocenters. The van der Waals surface area contributed by atoms with Crippen LogP contribution < -0.4 is 22.5 Å². The first-order valence-corrected chi connectivity index (χ1v) is 20.9. The number of aromatic nitrogens is 2. The molecule has 4 aromatic carbocycles. The lowest BCUT2D eigenvalue weighted by Crippen LogP contribution is -2.18. The minimum absolute atomic E-state index is 0.182. The van der Waals surface area contributed by atoms with Crippen molar-refractivity contribution >= 4 is 78.9 Å². The minimum Gasteiger partial charge on any atom is -0.398 e. The highest BCUT2D eigenvalue weighted by molar-refractivity contribution is 6.66. The number of nitrogens with one attached hydrogen (secondary N) is 3. The van der Waals surface area contributed by atoms with Crippen molar-refractivity contribution in [2.75, 3.05) is 11.1 Å². The van der Waals surface area contributed by atoms with Gasteiger partial charge in [0.05, 0.1) is 22.2 Å². The lowest BCUT2D eigenvalue weighted by atomic mass is 9.93. The molecule has 65 heavy (non-hydrogen) atoms. The first kappa shape index (κ1) is 47.3. The number of alkyl halides is 4. The Hall–Kier alpha value is -7.19. The number of nitrogen functional groups attached to an aromatic ring is 1. The summed E-state index contributed by atoms with van der Waals surface area (Å²) in [6.45, 7) is 10.4. The van der Waals surface area contributed by atoms with E-state index in [9.17, 15) is 36.7 Å². The molecule has 2 heterocycles. The van der Waals surface area contributed by atoms with E-state index in [1.165, 1.54) is 6.08 Å². The van der Waals surface area contributed by atoms with Gasteiger partial charge < -0.3 is 32.5 Å². The van der Waals surface area contributed by atoms with E-state index in [4.69, 9.17) is 28.8 Å². The molecule has 2 aromatic heterocycles. The number of carbonyl (C=O) groups is 4. The fourth-order valence-corrected chi connectivity index (χ4v) is 7.93. The van der Waals surface area contributed by atoms with Gasteiger partial charge >= 0.3 is 0 Å². The van der Waals surface area contributed by atoms with Crippen LogP contribution in [0.3, 0.4) is 0 Å². The van der Waals surface area contributed by atoms with Gasteiger partial charge in [0.15, 0.2) is 0 Å². The number of allylic oxidation sites excluding steroid dienone is 5. The van der Waals surface area contributed by atoms with Crippen LogP contribution in [0.2, 0.25) is 0 Å². The van der Waals surface area contributed by atoms with Crippen LogP contribution in [0.4, 0.5) is 28.9 Å². The Kier molecular flexibility index (Phi) is 14.0. The van der Waals surface area contributed by atoms with Crippen LogP contribution >= 0.6 is 11.6 Å². The van der Waals surface area contributed by atoms with E-state index in [1.807, 2.05) is 68.4 Å². The van der Waals surface area contributed by atoms with E-state index in [0.29, 0.717) is 39.2 Å². The maximum Gasteiger partial charge on any atom is 0.251 e. The van der Waals surface area contributed by atoms with Crippen LogP contribution in [0.1, 0.15) is 81.8 Å². The molecule has 9 N–H and O–H groups in total. The minimum atomic E-state index is -2.69. The summed E-state index contributed by atoms with van der Waals surface area (Å²) >= 11 is 4.71. The van der Waals surface area contributed by atoms with Crippen LogP contribution in [0.25, 0.3) is 55.2 Å². The molecule has 0 fully saturated rings. The summed E-state index contributed by atoms with van der Waals surface area (Å²) < 4.78 is 54.2. The number of hydrogen-bond donors (Lipinski definition) is 6. The SMILES string of the molecule is C=CC(=O)Cl.C=CC(=O)Nc1cccc(-c2ccc(C(N)=O)c3[nH]c(C4=CCC(F)(F)CC4)cc23)c1C.Cc1c(N)cccc1-c1ccc(C(N)=O)c2[nH]c(C3=CCC(F)(F)CC3)cc12. The highest BCUT2D eigenvalue weighted by Crippen LogP contribution is 2.42. The summed E-state index contributed by atoms with van der Waals surface area (Å²) in [6.07, 6.45) is 4.90. The van der Waals surface area contributed by atoms with Crippen molar-refractivity contribution in [2.24, 2.45) is 11.5 Å². The molecule has 2 aliphatic rings. The lowest BCUT2D eigenvalue weighted by molar-refractivity contribution is -0.112. The van der Waals surface area contributed by atoms with E-state index < -0.39 is 28.9 Å². The summed E-state index contributed by atoms with van der Waals surface area (Å²) in [5.41, 5.74) is 28.8. The van der Waals surface area contributed by atoms with Crippen molar-refractivity contribution in [1.29, 1.82) is 0 Å². The molecule has 0 spiro atoms. The van der Waals surface area contributed by atoms with Gasteiger partial charge in [-0.1, -0.05) is 61.7 Å².